The number of hydrogen-bond donors (Lipinski definition) is 0. The average Bonchev–Trinajstić information content (AvgIpc) is 3.13. The van der Waals surface area contributed by atoms with Crippen LogP contribution in [0.5, 0.6) is 11.5 Å². The van der Waals surface area contributed by atoms with E-state index in [0.717, 1.165) is 47.1 Å². The molecule has 0 spiro atoms. The van der Waals surface area contributed by atoms with Gasteiger partial charge in [0.25, 0.3) is 5.91 Å². The minimum atomic E-state index is -0.482. The van der Waals surface area contributed by atoms with Crippen molar-refractivity contribution in [2.75, 3.05) is 26.2 Å². The van der Waals surface area contributed by atoms with Crippen LogP contribution in [0.2, 0.25) is 0 Å². The Morgan fingerprint density at radius 3 is 2.62 bits per heavy atom. The maximum absolute atomic E-state index is 14.2. The van der Waals surface area contributed by atoms with Crippen molar-refractivity contribution in [3.05, 3.63) is 89.2 Å². The number of aliphatic imine (C=N–C) groups is 1. The Bertz CT molecular complexity index is 1210. The third kappa shape index (κ3) is 3.84. The van der Waals surface area contributed by atoms with Crippen molar-refractivity contribution in [3.8, 4) is 11.5 Å². The van der Waals surface area contributed by atoms with E-state index in [0.29, 0.717) is 19.6 Å². The van der Waals surface area contributed by atoms with Gasteiger partial charge in [0.2, 0.25) is 0 Å². The number of rotatable bonds is 1. The highest BCUT2D eigenvalue weighted by atomic mass is 19.1. The van der Waals surface area contributed by atoms with Crippen LogP contribution in [0.1, 0.15) is 27.9 Å². The van der Waals surface area contributed by atoms with E-state index >= 15 is 0 Å². The molecule has 5 nitrogen and oxygen atoms in total. The van der Waals surface area contributed by atoms with Gasteiger partial charge in [0.1, 0.15) is 23.1 Å². The lowest BCUT2D eigenvalue weighted by molar-refractivity contribution is 0.0759. The zero-order valence-corrected chi connectivity index (χ0v) is 17.9. The summed E-state index contributed by atoms with van der Waals surface area (Å²) < 4.78 is 20.4. The van der Waals surface area contributed by atoms with Gasteiger partial charge in [0, 0.05) is 26.2 Å². The highest BCUT2D eigenvalue weighted by Gasteiger charge is 2.27. The van der Waals surface area contributed by atoms with Crippen LogP contribution < -0.4 is 4.74 Å². The van der Waals surface area contributed by atoms with Crippen LogP contribution in [-0.4, -0.2) is 47.7 Å². The summed E-state index contributed by atoms with van der Waals surface area (Å²) in [5.74, 6) is 1.59. The monoisotopic (exact) mass is 429 g/mol. The SMILES string of the molecule is Cc1ccc2c(c1)Oc1ccccc1C(N1CCCN(C(=O)c3ccccc3F)CC1)=N2. The van der Waals surface area contributed by atoms with Crippen LogP contribution in [-0.2, 0) is 0 Å². The number of carbonyl (C=O) groups excluding carboxylic acids is 1. The first-order chi connectivity index (χ1) is 15.6. The van der Waals surface area contributed by atoms with Crippen molar-refractivity contribution in [2.24, 2.45) is 4.99 Å². The van der Waals surface area contributed by atoms with Crippen LogP contribution in [0.15, 0.2) is 71.7 Å². The summed E-state index contributed by atoms with van der Waals surface area (Å²) in [6.07, 6.45) is 0.767. The van der Waals surface area contributed by atoms with Crippen LogP contribution >= 0.6 is 0 Å². The lowest BCUT2D eigenvalue weighted by Crippen LogP contribution is -2.38. The Kier molecular flexibility index (Phi) is 5.35. The van der Waals surface area contributed by atoms with Gasteiger partial charge in [-0.1, -0.05) is 30.3 Å². The van der Waals surface area contributed by atoms with E-state index in [1.54, 1.807) is 23.1 Å². The molecule has 0 N–H and O–H groups in total. The quantitative estimate of drug-likeness (QED) is 0.536. The van der Waals surface area contributed by atoms with E-state index in [9.17, 15) is 9.18 Å². The fraction of sp³-hybridized carbons (Fsp3) is 0.231. The fourth-order valence-corrected chi connectivity index (χ4v) is 4.21. The Hall–Kier alpha value is -3.67. The first-order valence-corrected chi connectivity index (χ1v) is 10.9. The van der Waals surface area contributed by atoms with E-state index in [2.05, 4.69) is 4.90 Å². The van der Waals surface area contributed by atoms with Gasteiger partial charge in [-0.15, -0.1) is 0 Å². The molecule has 3 aromatic carbocycles. The van der Waals surface area contributed by atoms with Crippen molar-refractivity contribution in [2.45, 2.75) is 13.3 Å². The molecule has 0 aliphatic carbocycles. The molecule has 2 aliphatic rings. The maximum atomic E-state index is 14.2. The molecule has 1 amide bonds. The summed E-state index contributed by atoms with van der Waals surface area (Å²) in [6, 6.07) is 20.0. The molecule has 0 radical (unpaired) electrons. The summed E-state index contributed by atoms with van der Waals surface area (Å²) in [4.78, 5) is 21.8. The van der Waals surface area contributed by atoms with E-state index in [1.807, 2.05) is 49.4 Å². The molecule has 0 saturated carbocycles. The Labute approximate surface area is 186 Å². The predicted molar refractivity (Wildman–Crippen MR) is 122 cm³/mol. The summed E-state index contributed by atoms with van der Waals surface area (Å²) in [7, 11) is 0. The van der Waals surface area contributed by atoms with Crippen molar-refractivity contribution < 1.29 is 13.9 Å². The molecule has 2 heterocycles. The first-order valence-electron chi connectivity index (χ1n) is 10.9. The zero-order chi connectivity index (χ0) is 22.1. The van der Waals surface area contributed by atoms with Gasteiger partial charge in [-0.3, -0.25) is 4.79 Å². The second-order valence-corrected chi connectivity index (χ2v) is 8.12. The third-order valence-corrected chi connectivity index (χ3v) is 5.88. The number of amidine groups is 1. The molecule has 6 heteroatoms. The number of nitrogens with zero attached hydrogens (tertiary/aromatic N) is 3. The lowest BCUT2D eigenvalue weighted by Gasteiger charge is -2.25. The fourth-order valence-electron chi connectivity index (χ4n) is 4.21. The maximum Gasteiger partial charge on any atom is 0.256 e. The molecule has 3 aromatic rings. The first kappa shape index (κ1) is 20.2. The molecule has 1 saturated heterocycles. The molecular weight excluding hydrogens is 405 g/mol. The van der Waals surface area contributed by atoms with E-state index in [4.69, 9.17) is 9.73 Å². The Morgan fingerprint density at radius 1 is 0.938 bits per heavy atom. The van der Waals surface area contributed by atoms with Crippen molar-refractivity contribution in [1.29, 1.82) is 0 Å². The van der Waals surface area contributed by atoms with Crippen LogP contribution in [0, 0.1) is 12.7 Å². The number of fused-ring (bicyclic) bond motifs is 2. The van der Waals surface area contributed by atoms with E-state index < -0.39 is 5.82 Å². The second kappa shape index (κ2) is 8.46. The second-order valence-electron chi connectivity index (χ2n) is 8.12. The minimum Gasteiger partial charge on any atom is -0.454 e. The largest absolute Gasteiger partial charge is 0.454 e. The molecule has 162 valence electrons. The highest BCUT2D eigenvalue weighted by molar-refractivity contribution is 6.04. The molecular formula is C26H24FN3O2. The standard InChI is InChI=1S/C26H24FN3O2/c1-18-11-12-22-24(17-18)32-23-10-5-3-8-20(23)25(28-22)29-13-6-14-30(16-15-29)26(31)19-7-2-4-9-21(19)27/h2-5,7-12,17H,6,13-16H2,1H3. The average molecular weight is 429 g/mol. The number of halogens is 1. The highest BCUT2D eigenvalue weighted by Crippen LogP contribution is 2.38. The summed E-state index contributed by atoms with van der Waals surface area (Å²) in [6.45, 7) is 4.45. The number of amides is 1. The number of hydrogen-bond acceptors (Lipinski definition) is 4. The lowest BCUT2D eigenvalue weighted by atomic mass is 10.1. The number of aryl methyl sites for hydroxylation is 1. The van der Waals surface area contributed by atoms with Gasteiger partial charge in [-0.25, -0.2) is 9.38 Å². The number of para-hydroxylation sites is 1. The molecule has 32 heavy (non-hydrogen) atoms. The minimum absolute atomic E-state index is 0.121. The van der Waals surface area contributed by atoms with Crippen LogP contribution in [0.3, 0.4) is 0 Å². The normalized spacial score (nSPS) is 15.6. The molecule has 2 aliphatic heterocycles. The molecule has 1 fully saturated rings. The summed E-state index contributed by atoms with van der Waals surface area (Å²) in [5, 5.41) is 0. The van der Waals surface area contributed by atoms with Crippen LogP contribution in [0.4, 0.5) is 10.1 Å². The number of ether oxygens (including phenoxy) is 1. The van der Waals surface area contributed by atoms with Crippen LogP contribution in [0.25, 0.3) is 0 Å². The smallest absolute Gasteiger partial charge is 0.256 e. The van der Waals surface area contributed by atoms with E-state index in [-0.39, 0.29) is 11.5 Å². The predicted octanol–water partition coefficient (Wildman–Crippen LogP) is 5.17. The van der Waals surface area contributed by atoms with Gasteiger partial charge in [-0.2, -0.15) is 0 Å². The Morgan fingerprint density at radius 2 is 1.75 bits per heavy atom. The van der Waals surface area contributed by atoms with Crippen molar-refractivity contribution in [3.63, 3.8) is 0 Å². The van der Waals surface area contributed by atoms with Crippen molar-refractivity contribution in [1.82, 2.24) is 9.80 Å². The molecule has 0 aromatic heterocycles. The summed E-state index contributed by atoms with van der Waals surface area (Å²) >= 11 is 0. The van der Waals surface area contributed by atoms with Crippen molar-refractivity contribution >= 4 is 17.4 Å². The summed E-state index contributed by atoms with van der Waals surface area (Å²) in [5.41, 5.74) is 2.94. The molecule has 0 atom stereocenters. The third-order valence-electron chi connectivity index (χ3n) is 5.88. The zero-order valence-electron chi connectivity index (χ0n) is 17.9. The van der Waals surface area contributed by atoms with Gasteiger partial charge in [-0.05, 0) is 55.3 Å². The molecule has 0 unspecified atom stereocenters. The topological polar surface area (TPSA) is 45.1 Å². The van der Waals surface area contributed by atoms with E-state index in [1.165, 1.54) is 6.07 Å². The van der Waals surface area contributed by atoms with Gasteiger partial charge < -0.3 is 14.5 Å². The van der Waals surface area contributed by atoms with Gasteiger partial charge >= 0.3 is 0 Å². The Balaban J connectivity index is 1.45. The van der Waals surface area contributed by atoms with Gasteiger partial charge in [0.15, 0.2) is 5.75 Å². The number of benzene rings is 3. The molecule has 5 rings (SSSR count). The van der Waals surface area contributed by atoms with Gasteiger partial charge in [0.05, 0.1) is 11.1 Å². The number of carbonyl (C=O) groups is 1. The molecule has 0 bridgehead atoms.